The van der Waals surface area contributed by atoms with Crippen molar-refractivity contribution in [1.82, 2.24) is 14.9 Å². The van der Waals surface area contributed by atoms with Crippen molar-refractivity contribution in [2.45, 2.75) is 12.8 Å². The monoisotopic (exact) mass is 207 g/mol. The second kappa shape index (κ2) is 3.94. The molecule has 2 heterocycles. The molecule has 1 aromatic heterocycles. The van der Waals surface area contributed by atoms with Crippen molar-refractivity contribution >= 4 is 5.97 Å². The lowest BCUT2D eigenvalue weighted by atomic mass is 10.1. The number of carboxylic acid groups (broad SMARTS) is 1. The van der Waals surface area contributed by atoms with Crippen molar-refractivity contribution in [3.8, 4) is 0 Å². The number of nitrogens with zero attached hydrogens (tertiary/aromatic N) is 3. The Morgan fingerprint density at radius 1 is 1.40 bits per heavy atom. The van der Waals surface area contributed by atoms with Gasteiger partial charge in [-0.1, -0.05) is 0 Å². The van der Waals surface area contributed by atoms with E-state index in [9.17, 15) is 4.79 Å². The maximum absolute atomic E-state index is 11.0. The van der Waals surface area contributed by atoms with Crippen LogP contribution in [0.15, 0.2) is 6.33 Å². The summed E-state index contributed by atoms with van der Waals surface area (Å²) in [6.07, 6.45) is 2.86. The first kappa shape index (κ1) is 10.0. The normalized spacial score (nSPS) is 16.9. The fraction of sp³-hybridized carbons (Fsp3) is 0.500. The van der Waals surface area contributed by atoms with Gasteiger partial charge in [-0.05, 0) is 13.5 Å². The summed E-state index contributed by atoms with van der Waals surface area (Å²) < 4.78 is 0. The topological polar surface area (TPSA) is 66.3 Å². The lowest BCUT2D eigenvalue weighted by Crippen LogP contribution is -2.21. The highest BCUT2D eigenvalue weighted by Gasteiger charge is 2.19. The lowest BCUT2D eigenvalue weighted by Gasteiger charge is -2.10. The molecule has 0 radical (unpaired) electrons. The minimum Gasteiger partial charge on any atom is -0.477 e. The van der Waals surface area contributed by atoms with Crippen LogP contribution in [0.25, 0.3) is 0 Å². The average Bonchev–Trinajstić information content (AvgIpc) is 2.40. The molecule has 0 spiro atoms. The smallest absolute Gasteiger partial charge is 0.354 e. The van der Waals surface area contributed by atoms with Gasteiger partial charge in [-0.25, -0.2) is 14.8 Å². The molecule has 1 N–H and O–H groups in total. The second-order valence-corrected chi connectivity index (χ2v) is 3.76. The van der Waals surface area contributed by atoms with Crippen LogP contribution in [0.1, 0.15) is 21.7 Å². The minimum atomic E-state index is -0.960. The quantitative estimate of drug-likeness (QED) is 0.712. The summed E-state index contributed by atoms with van der Waals surface area (Å²) in [6, 6.07) is 0. The van der Waals surface area contributed by atoms with Crippen LogP contribution in [0.5, 0.6) is 0 Å². The van der Waals surface area contributed by atoms with Gasteiger partial charge in [-0.3, -0.25) is 0 Å². The summed E-state index contributed by atoms with van der Waals surface area (Å²) >= 11 is 0. The van der Waals surface area contributed by atoms with Gasteiger partial charge in [0.15, 0.2) is 5.69 Å². The van der Waals surface area contributed by atoms with Crippen molar-refractivity contribution in [3.05, 3.63) is 23.3 Å². The summed E-state index contributed by atoms with van der Waals surface area (Å²) in [7, 11) is 2.03. The number of rotatable bonds is 1. The molecule has 0 amide bonds. The first-order valence-electron chi connectivity index (χ1n) is 4.93. The third kappa shape index (κ3) is 1.97. The summed E-state index contributed by atoms with van der Waals surface area (Å²) in [5.41, 5.74) is 1.84. The van der Waals surface area contributed by atoms with Gasteiger partial charge >= 0.3 is 5.97 Å². The van der Waals surface area contributed by atoms with Crippen molar-refractivity contribution in [2.75, 3.05) is 20.1 Å². The van der Waals surface area contributed by atoms with Gasteiger partial charge in [0, 0.05) is 30.8 Å². The number of likely N-dealkylation sites (N-methyl/N-ethyl adjacent to an activating group) is 1. The van der Waals surface area contributed by atoms with Crippen molar-refractivity contribution < 1.29 is 9.90 Å². The van der Waals surface area contributed by atoms with Crippen LogP contribution in [-0.4, -0.2) is 46.1 Å². The van der Waals surface area contributed by atoms with Crippen LogP contribution < -0.4 is 0 Å². The highest BCUT2D eigenvalue weighted by molar-refractivity contribution is 5.87. The molecule has 80 valence electrons. The molecule has 0 unspecified atom stereocenters. The lowest BCUT2D eigenvalue weighted by molar-refractivity contribution is 0.0688. The SMILES string of the molecule is CN1CCc2ncnc(C(=O)O)c2CC1. The molecule has 0 aromatic carbocycles. The molecule has 2 rings (SSSR count). The van der Waals surface area contributed by atoms with Gasteiger partial charge in [-0.15, -0.1) is 0 Å². The maximum Gasteiger partial charge on any atom is 0.354 e. The van der Waals surface area contributed by atoms with E-state index >= 15 is 0 Å². The number of aromatic nitrogens is 2. The van der Waals surface area contributed by atoms with E-state index in [1.807, 2.05) is 7.05 Å². The van der Waals surface area contributed by atoms with Crippen LogP contribution in [0.4, 0.5) is 0 Å². The first-order valence-corrected chi connectivity index (χ1v) is 4.93. The number of fused-ring (bicyclic) bond motifs is 1. The fourth-order valence-electron chi connectivity index (χ4n) is 1.82. The zero-order valence-corrected chi connectivity index (χ0v) is 8.60. The average molecular weight is 207 g/mol. The molecule has 5 nitrogen and oxygen atoms in total. The van der Waals surface area contributed by atoms with Crippen molar-refractivity contribution in [1.29, 1.82) is 0 Å². The van der Waals surface area contributed by atoms with Crippen LogP contribution in [0.2, 0.25) is 0 Å². The van der Waals surface area contributed by atoms with E-state index in [1.54, 1.807) is 0 Å². The molecule has 0 saturated carbocycles. The molecule has 1 aliphatic heterocycles. The molecule has 0 fully saturated rings. The number of hydrogen-bond donors (Lipinski definition) is 1. The van der Waals surface area contributed by atoms with Gasteiger partial charge in [-0.2, -0.15) is 0 Å². The van der Waals surface area contributed by atoms with Crippen molar-refractivity contribution in [3.63, 3.8) is 0 Å². The molecule has 0 atom stereocenters. The molecule has 1 aliphatic rings. The Hall–Kier alpha value is -1.49. The standard InChI is InChI=1S/C10H13N3O2/c1-13-4-2-7-8(3-5-13)11-6-12-9(7)10(14)15/h6H,2-5H2,1H3,(H,14,15). The number of carbonyl (C=O) groups is 1. The molecule has 5 heteroatoms. The van der Waals surface area contributed by atoms with E-state index in [0.29, 0.717) is 6.42 Å². The van der Waals surface area contributed by atoms with E-state index in [1.165, 1.54) is 6.33 Å². The Bertz CT molecular complexity index is 392. The molecule has 0 saturated heterocycles. The van der Waals surface area contributed by atoms with Crippen LogP contribution >= 0.6 is 0 Å². The summed E-state index contributed by atoms with van der Waals surface area (Å²) in [5.74, 6) is -0.960. The predicted molar refractivity (Wildman–Crippen MR) is 53.9 cm³/mol. The summed E-state index contributed by atoms with van der Waals surface area (Å²) in [6.45, 7) is 1.78. The number of aromatic carboxylic acids is 1. The van der Waals surface area contributed by atoms with Gasteiger partial charge in [0.05, 0.1) is 0 Å². The second-order valence-electron chi connectivity index (χ2n) is 3.76. The maximum atomic E-state index is 11.0. The van der Waals surface area contributed by atoms with E-state index < -0.39 is 5.97 Å². The van der Waals surface area contributed by atoms with Gasteiger partial charge in [0.25, 0.3) is 0 Å². The van der Waals surface area contributed by atoms with Crippen LogP contribution in [-0.2, 0) is 12.8 Å². The van der Waals surface area contributed by atoms with Crippen LogP contribution in [0.3, 0.4) is 0 Å². The Kier molecular flexibility index (Phi) is 2.64. The highest BCUT2D eigenvalue weighted by Crippen LogP contribution is 2.15. The van der Waals surface area contributed by atoms with E-state index in [0.717, 1.165) is 30.8 Å². The molecule has 0 bridgehead atoms. The number of carboxylic acids is 1. The molecular formula is C10H13N3O2. The van der Waals surface area contributed by atoms with Crippen LogP contribution in [0, 0.1) is 0 Å². The van der Waals surface area contributed by atoms with E-state index in [-0.39, 0.29) is 5.69 Å². The Morgan fingerprint density at radius 2 is 2.13 bits per heavy atom. The minimum absolute atomic E-state index is 0.162. The Balaban J connectivity index is 2.42. The Labute approximate surface area is 87.8 Å². The molecule has 1 aromatic rings. The number of hydrogen-bond acceptors (Lipinski definition) is 4. The third-order valence-electron chi connectivity index (χ3n) is 2.71. The summed E-state index contributed by atoms with van der Waals surface area (Å²) in [5, 5.41) is 8.99. The van der Waals surface area contributed by atoms with Gasteiger partial charge in [0.2, 0.25) is 0 Å². The zero-order valence-electron chi connectivity index (χ0n) is 8.60. The van der Waals surface area contributed by atoms with E-state index in [4.69, 9.17) is 5.11 Å². The largest absolute Gasteiger partial charge is 0.477 e. The van der Waals surface area contributed by atoms with Crippen molar-refractivity contribution in [2.24, 2.45) is 0 Å². The Morgan fingerprint density at radius 3 is 2.87 bits per heavy atom. The van der Waals surface area contributed by atoms with Gasteiger partial charge < -0.3 is 10.0 Å². The third-order valence-corrected chi connectivity index (χ3v) is 2.71. The van der Waals surface area contributed by atoms with E-state index in [2.05, 4.69) is 14.9 Å². The zero-order chi connectivity index (χ0) is 10.8. The van der Waals surface area contributed by atoms with Gasteiger partial charge in [0.1, 0.15) is 6.33 Å². The fourth-order valence-corrected chi connectivity index (χ4v) is 1.82. The molecule has 15 heavy (non-hydrogen) atoms. The predicted octanol–water partition coefficient (Wildman–Crippen LogP) is 0.205. The molecular weight excluding hydrogens is 194 g/mol. The molecule has 0 aliphatic carbocycles. The highest BCUT2D eigenvalue weighted by atomic mass is 16.4. The first-order chi connectivity index (χ1) is 7.18. The summed E-state index contributed by atoms with van der Waals surface area (Å²) in [4.78, 5) is 21.1.